The van der Waals surface area contributed by atoms with E-state index in [0.717, 1.165) is 77.0 Å². The number of β-amino-alcohol motifs (C(OH)–C–C–N with tert-alkyl or cyclic N) is 1. The fraction of sp³-hybridized carbons (Fsp3) is 0.800. The number of ether oxygens (including phenoxy) is 3. The largest absolute Gasteiger partial charge is 0.462 e. The number of nitrogens with zero attached hydrogens (tertiary/aromatic N) is 1. The first-order valence-electron chi connectivity index (χ1n) is 22.0. The van der Waals surface area contributed by atoms with Crippen molar-refractivity contribution >= 4 is 18.0 Å². The molecular formula is C45H80N2O7. The lowest BCUT2D eigenvalue weighted by Crippen LogP contribution is -2.59. The summed E-state index contributed by atoms with van der Waals surface area (Å²) in [5, 5.41) is 11.8. The van der Waals surface area contributed by atoms with Gasteiger partial charge in [0.15, 0.2) is 6.10 Å². The topological polar surface area (TPSA) is 114 Å². The zero-order valence-electron chi connectivity index (χ0n) is 34.6. The van der Waals surface area contributed by atoms with Gasteiger partial charge in [0.25, 0.3) is 0 Å². The number of amides is 1. The van der Waals surface area contributed by atoms with Crippen LogP contribution >= 0.6 is 0 Å². The van der Waals surface area contributed by atoms with Gasteiger partial charge in [-0.1, -0.05) is 134 Å². The number of rotatable bonds is 37. The van der Waals surface area contributed by atoms with Crippen LogP contribution in [-0.4, -0.2) is 79.6 Å². The van der Waals surface area contributed by atoms with E-state index in [1.54, 1.807) is 0 Å². The Kier molecular flexibility index (Phi) is 34.1. The number of likely N-dealkylation sites (tertiary alicyclic amines) is 1. The van der Waals surface area contributed by atoms with Crippen molar-refractivity contribution in [2.75, 3.05) is 39.5 Å². The summed E-state index contributed by atoms with van der Waals surface area (Å²) >= 11 is 0. The van der Waals surface area contributed by atoms with Gasteiger partial charge in [0, 0.05) is 32.5 Å². The summed E-state index contributed by atoms with van der Waals surface area (Å²) in [6.45, 7) is 6.10. The van der Waals surface area contributed by atoms with Gasteiger partial charge in [-0.05, 0) is 70.6 Å². The first-order chi connectivity index (χ1) is 26.5. The molecule has 1 amide bonds. The number of aliphatic hydroxyl groups is 1. The molecule has 0 aliphatic carbocycles. The number of alkyl carbamates (subject to hydrolysis) is 1. The smallest absolute Gasteiger partial charge is 0.407 e. The number of allylic oxidation sites excluding steroid dienone is 6. The number of esters is 2. The maximum Gasteiger partial charge on any atom is 0.407 e. The van der Waals surface area contributed by atoms with E-state index >= 15 is 0 Å². The van der Waals surface area contributed by atoms with Gasteiger partial charge in [-0.3, -0.25) is 14.5 Å². The molecule has 0 spiro atoms. The molecule has 2 N–H and O–H groups in total. The van der Waals surface area contributed by atoms with Crippen LogP contribution in [0.2, 0.25) is 0 Å². The number of aliphatic hydroxyl groups excluding tert-OH is 1. The third-order valence-corrected chi connectivity index (χ3v) is 9.80. The summed E-state index contributed by atoms with van der Waals surface area (Å²) in [4.78, 5) is 39.6. The summed E-state index contributed by atoms with van der Waals surface area (Å²) < 4.78 is 16.4. The number of hydrogen-bond acceptors (Lipinski definition) is 8. The Morgan fingerprint density at radius 1 is 0.611 bits per heavy atom. The van der Waals surface area contributed by atoms with Crippen LogP contribution in [0.5, 0.6) is 0 Å². The Bertz CT molecular complexity index is 993. The van der Waals surface area contributed by atoms with Crippen LogP contribution in [-0.2, 0) is 23.8 Å². The molecule has 54 heavy (non-hydrogen) atoms. The van der Waals surface area contributed by atoms with Crippen molar-refractivity contribution in [3.8, 4) is 0 Å². The maximum absolute atomic E-state index is 12.7. The van der Waals surface area contributed by atoms with Crippen molar-refractivity contribution in [1.82, 2.24) is 10.2 Å². The summed E-state index contributed by atoms with van der Waals surface area (Å²) in [6.07, 6.45) is 40.5. The highest BCUT2D eigenvalue weighted by molar-refractivity contribution is 5.70. The fourth-order valence-corrected chi connectivity index (χ4v) is 6.40. The second-order valence-corrected chi connectivity index (χ2v) is 15.0. The Morgan fingerprint density at radius 2 is 1.06 bits per heavy atom. The third-order valence-electron chi connectivity index (χ3n) is 9.80. The van der Waals surface area contributed by atoms with E-state index in [2.05, 4.69) is 55.6 Å². The molecule has 1 atom stereocenters. The highest BCUT2D eigenvalue weighted by atomic mass is 16.6. The van der Waals surface area contributed by atoms with Crippen molar-refractivity contribution < 1.29 is 33.7 Å². The van der Waals surface area contributed by atoms with Crippen LogP contribution in [0.3, 0.4) is 0 Å². The van der Waals surface area contributed by atoms with Crippen LogP contribution in [0.1, 0.15) is 181 Å². The van der Waals surface area contributed by atoms with Gasteiger partial charge < -0.3 is 24.6 Å². The Hall–Kier alpha value is -2.65. The molecule has 0 aromatic rings. The number of hydrogen-bond donors (Lipinski definition) is 2. The van der Waals surface area contributed by atoms with Crippen molar-refractivity contribution in [2.24, 2.45) is 0 Å². The predicted molar refractivity (Wildman–Crippen MR) is 221 cm³/mol. The molecular weight excluding hydrogens is 681 g/mol. The number of unbranched alkanes of at least 4 members (excludes halogenated alkanes) is 19. The lowest BCUT2D eigenvalue weighted by atomic mass is 10.1. The molecule has 1 saturated heterocycles. The molecule has 0 radical (unpaired) electrons. The van der Waals surface area contributed by atoms with E-state index < -0.39 is 12.2 Å². The number of carbonyl (C=O) groups excluding carboxylic acids is 3. The molecule has 1 unspecified atom stereocenters. The minimum Gasteiger partial charge on any atom is -0.462 e. The van der Waals surface area contributed by atoms with Crippen molar-refractivity contribution in [3.05, 3.63) is 36.5 Å². The number of nitrogens with one attached hydrogen (secondary N) is 1. The van der Waals surface area contributed by atoms with Crippen molar-refractivity contribution in [2.45, 2.75) is 193 Å². The summed E-state index contributed by atoms with van der Waals surface area (Å²) in [5.74, 6) is -0.702. The van der Waals surface area contributed by atoms with Crippen LogP contribution in [0.25, 0.3) is 0 Å². The first kappa shape index (κ1) is 49.4. The zero-order valence-corrected chi connectivity index (χ0v) is 34.6. The van der Waals surface area contributed by atoms with Gasteiger partial charge in [-0.15, -0.1) is 0 Å². The summed E-state index contributed by atoms with van der Waals surface area (Å²) in [7, 11) is 0. The van der Waals surface area contributed by atoms with Crippen LogP contribution in [0.15, 0.2) is 36.5 Å². The standard InChI is InChI=1S/C45H80N2O7/c1-3-5-7-9-11-13-15-17-19-21-23-25-27-29-31-33-43(49)52-39-42(40-53-45(51)46-41-37-47(38-41)35-36-48)54-44(50)34-32-30-28-26-24-22-20-18-16-14-12-10-8-6-4-2/h11,13,17-20,41-42,48H,3-10,12,14-16,21-40H2,1-2H3,(H,46,51)/b13-11-,19-17-,20-18-. The average molecular weight is 761 g/mol. The van der Waals surface area contributed by atoms with E-state index in [1.165, 1.54) is 77.0 Å². The molecule has 0 aromatic carbocycles. The molecule has 0 aromatic heterocycles. The van der Waals surface area contributed by atoms with Crippen molar-refractivity contribution in [1.29, 1.82) is 0 Å². The molecule has 0 bridgehead atoms. The van der Waals surface area contributed by atoms with Crippen molar-refractivity contribution in [3.63, 3.8) is 0 Å². The van der Waals surface area contributed by atoms with E-state index in [9.17, 15) is 14.4 Å². The average Bonchev–Trinajstić information content (AvgIpc) is 3.15. The third kappa shape index (κ3) is 31.7. The molecule has 312 valence electrons. The lowest BCUT2D eigenvalue weighted by molar-refractivity contribution is -0.161. The second-order valence-electron chi connectivity index (χ2n) is 15.0. The van der Waals surface area contributed by atoms with Gasteiger partial charge >= 0.3 is 18.0 Å². The van der Waals surface area contributed by atoms with Crippen LogP contribution < -0.4 is 5.32 Å². The minimum atomic E-state index is -0.854. The number of carbonyl (C=O) groups is 3. The first-order valence-corrected chi connectivity index (χ1v) is 22.0. The Balaban J connectivity index is 2.26. The SMILES string of the molecule is CCCCC/C=C\C/C=C\CCCCCCCC(=O)OCC(COC(=O)NC1CN(CCO)C1)OC(=O)CCCCCCC/C=C\CCCCCCCC. The molecule has 1 aliphatic rings. The van der Waals surface area contributed by atoms with E-state index in [1.807, 2.05) is 4.90 Å². The van der Waals surface area contributed by atoms with Gasteiger partial charge in [0.2, 0.25) is 0 Å². The lowest BCUT2D eigenvalue weighted by Gasteiger charge is -2.38. The minimum absolute atomic E-state index is 0.0483. The van der Waals surface area contributed by atoms with Gasteiger partial charge in [0.1, 0.15) is 13.2 Å². The Morgan fingerprint density at radius 3 is 1.61 bits per heavy atom. The summed E-state index contributed by atoms with van der Waals surface area (Å²) in [6, 6.07) is -0.0483. The van der Waals surface area contributed by atoms with E-state index in [0.29, 0.717) is 26.1 Å². The molecule has 1 aliphatic heterocycles. The molecule has 1 fully saturated rings. The molecule has 0 saturated carbocycles. The highest BCUT2D eigenvalue weighted by Gasteiger charge is 2.28. The van der Waals surface area contributed by atoms with E-state index in [4.69, 9.17) is 19.3 Å². The predicted octanol–water partition coefficient (Wildman–Crippen LogP) is 10.7. The van der Waals surface area contributed by atoms with E-state index in [-0.39, 0.29) is 44.2 Å². The van der Waals surface area contributed by atoms with Gasteiger partial charge in [0.05, 0.1) is 12.6 Å². The van der Waals surface area contributed by atoms with Gasteiger partial charge in [-0.2, -0.15) is 0 Å². The quantitative estimate of drug-likeness (QED) is 0.0278. The molecule has 9 nitrogen and oxygen atoms in total. The monoisotopic (exact) mass is 761 g/mol. The summed E-state index contributed by atoms with van der Waals surface area (Å²) in [5.41, 5.74) is 0. The maximum atomic E-state index is 12.7. The molecule has 1 heterocycles. The van der Waals surface area contributed by atoms with Crippen LogP contribution in [0, 0.1) is 0 Å². The second kappa shape index (κ2) is 37.3. The Labute approximate surface area is 330 Å². The molecule has 9 heteroatoms. The van der Waals surface area contributed by atoms with Gasteiger partial charge in [-0.25, -0.2) is 4.79 Å². The molecule has 1 rings (SSSR count). The zero-order chi connectivity index (χ0) is 39.2. The highest BCUT2D eigenvalue weighted by Crippen LogP contribution is 2.13. The van der Waals surface area contributed by atoms with Crippen LogP contribution in [0.4, 0.5) is 4.79 Å². The normalized spacial score (nSPS) is 14.2. The fourth-order valence-electron chi connectivity index (χ4n) is 6.40.